The zero-order chi connectivity index (χ0) is 38.9. The Kier molecular flexibility index (Phi) is 7.50. The van der Waals surface area contributed by atoms with Gasteiger partial charge in [-0.15, -0.1) is 0 Å². The molecule has 0 saturated heterocycles. The molecule has 2 heterocycles. The Hall–Kier alpha value is -7.95. The van der Waals surface area contributed by atoms with Crippen LogP contribution in [-0.2, 0) is 0 Å². The van der Waals surface area contributed by atoms with E-state index in [1.807, 2.05) is 18.2 Å². The molecule has 0 aliphatic rings. The van der Waals surface area contributed by atoms with E-state index in [9.17, 15) is 0 Å². The van der Waals surface area contributed by atoms with Crippen LogP contribution in [0.25, 0.3) is 116 Å². The average molecular weight is 751 g/mol. The molecule has 10 aromatic carbocycles. The standard InChI is InChI=1S/C55H34N4/c1-2-15-39(16-3-1)53-56-54(40-25-22-36(23-26-40)44-27-24-35-12-4-5-17-41(35)32-44)58-55(57-53)47-30-28-38-14-9-11-21-46(38)52(47)59-49-31-29-37-13-8-10-20-45(37)51(49)48-33-42-18-6-7-19-43(42)34-50(48)59/h1-34H. The van der Waals surface area contributed by atoms with Gasteiger partial charge in [-0.2, -0.15) is 0 Å². The van der Waals surface area contributed by atoms with E-state index < -0.39 is 0 Å². The van der Waals surface area contributed by atoms with E-state index in [4.69, 9.17) is 15.0 Å². The maximum absolute atomic E-state index is 5.34. The molecule has 0 unspecified atom stereocenters. The molecule has 4 heteroatoms. The Morgan fingerprint density at radius 1 is 0.288 bits per heavy atom. The van der Waals surface area contributed by atoms with Crippen molar-refractivity contribution in [3.8, 4) is 51.0 Å². The summed E-state index contributed by atoms with van der Waals surface area (Å²) in [4.78, 5) is 15.8. The van der Waals surface area contributed by atoms with Crippen molar-refractivity contribution in [1.82, 2.24) is 19.5 Å². The van der Waals surface area contributed by atoms with E-state index in [0.717, 1.165) is 49.7 Å². The molecule has 59 heavy (non-hydrogen) atoms. The highest BCUT2D eigenvalue weighted by molar-refractivity contribution is 6.24. The van der Waals surface area contributed by atoms with E-state index >= 15 is 0 Å². The highest BCUT2D eigenvalue weighted by atomic mass is 15.1. The van der Waals surface area contributed by atoms with Crippen molar-refractivity contribution >= 4 is 64.9 Å². The lowest BCUT2D eigenvalue weighted by molar-refractivity contribution is 1.07. The Bertz CT molecular complexity index is 3600. The van der Waals surface area contributed by atoms with E-state index in [0.29, 0.717) is 17.5 Å². The summed E-state index contributed by atoms with van der Waals surface area (Å²) in [7, 11) is 0. The fraction of sp³-hybridized carbons (Fsp3) is 0. The van der Waals surface area contributed by atoms with Crippen LogP contribution in [0.4, 0.5) is 0 Å². The summed E-state index contributed by atoms with van der Waals surface area (Å²) in [5.41, 5.74) is 8.40. The molecular formula is C55H34N4. The molecule has 0 saturated carbocycles. The first-order chi connectivity index (χ1) is 29.2. The van der Waals surface area contributed by atoms with Crippen molar-refractivity contribution in [2.75, 3.05) is 0 Å². The minimum Gasteiger partial charge on any atom is -0.308 e. The highest BCUT2D eigenvalue weighted by Crippen LogP contribution is 2.43. The van der Waals surface area contributed by atoms with Gasteiger partial charge >= 0.3 is 0 Å². The first kappa shape index (κ1) is 33.2. The number of aromatic nitrogens is 4. The van der Waals surface area contributed by atoms with E-state index in [-0.39, 0.29) is 0 Å². The number of rotatable bonds is 5. The molecular weight excluding hydrogens is 717 g/mol. The quantitative estimate of drug-likeness (QED) is 0.176. The largest absolute Gasteiger partial charge is 0.308 e. The normalized spacial score (nSPS) is 11.7. The minimum absolute atomic E-state index is 0.616. The summed E-state index contributed by atoms with van der Waals surface area (Å²) < 4.78 is 2.45. The number of hydrogen-bond acceptors (Lipinski definition) is 3. The molecule has 2 aromatic heterocycles. The van der Waals surface area contributed by atoms with E-state index in [1.54, 1.807) is 0 Å². The SMILES string of the molecule is c1ccc(-c2nc(-c3ccc(-c4ccc5ccccc5c4)cc3)nc(-c3ccc4ccccc4c3-n3c4cc5ccccc5cc4c4c5ccccc5ccc43)n2)cc1. The molecule has 0 bridgehead atoms. The predicted octanol–water partition coefficient (Wildman–Crippen LogP) is 14.2. The molecule has 0 amide bonds. The molecule has 0 spiro atoms. The van der Waals surface area contributed by atoms with Crippen LogP contribution in [0.1, 0.15) is 0 Å². The van der Waals surface area contributed by atoms with Crippen LogP contribution < -0.4 is 0 Å². The van der Waals surface area contributed by atoms with Crippen molar-refractivity contribution in [3.63, 3.8) is 0 Å². The van der Waals surface area contributed by atoms with Crippen LogP contribution in [0.5, 0.6) is 0 Å². The zero-order valence-corrected chi connectivity index (χ0v) is 31.9. The number of hydrogen-bond donors (Lipinski definition) is 0. The molecule has 12 aromatic rings. The fourth-order valence-electron chi connectivity index (χ4n) is 8.91. The molecule has 0 aliphatic heterocycles. The second-order valence-corrected chi connectivity index (χ2v) is 15.2. The molecule has 4 nitrogen and oxygen atoms in total. The van der Waals surface area contributed by atoms with Crippen molar-refractivity contribution in [1.29, 1.82) is 0 Å². The van der Waals surface area contributed by atoms with Gasteiger partial charge in [-0.05, 0) is 79.2 Å². The summed E-state index contributed by atoms with van der Waals surface area (Å²) in [5.74, 6) is 1.87. The lowest BCUT2D eigenvalue weighted by Gasteiger charge is -2.17. The molecule has 12 rings (SSSR count). The minimum atomic E-state index is 0.616. The van der Waals surface area contributed by atoms with Gasteiger partial charge in [0.05, 0.1) is 16.7 Å². The van der Waals surface area contributed by atoms with Crippen molar-refractivity contribution < 1.29 is 0 Å². The Morgan fingerprint density at radius 3 is 1.54 bits per heavy atom. The highest BCUT2D eigenvalue weighted by Gasteiger charge is 2.23. The van der Waals surface area contributed by atoms with Gasteiger partial charge in [0.25, 0.3) is 0 Å². The molecule has 0 fully saturated rings. The van der Waals surface area contributed by atoms with E-state index in [1.165, 1.54) is 48.7 Å². The van der Waals surface area contributed by atoms with Gasteiger partial charge in [-0.3, -0.25) is 0 Å². The van der Waals surface area contributed by atoms with Crippen LogP contribution in [0.3, 0.4) is 0 Å². The number of benzene rings is 10. The summed E-state index contributed by atoms with van der Waals surface area (Å²) in [6.07, 6.45) is 0. The summed E-state index contributed by atoms with van der Waals surface area (Å²) in [5, 5.41) is 12.0. The Morgan fingerprint density at radius 2 is 0.797 bits per heavy atom. The molecule has 0 atom stereocenters. The first-order valence-corrected chi connectivity index (χ1v) is 20.0. The van der Waals surface area contributed by atoms with Gasteiger partial charge in [-0.25, -0.2) is 15.0 Å². The Balaban J connectivity index is 1.12. The Labute approximate surface area is 340 Å². The van der Waals surface area contributed by atoms with Crippen molar-refractivity contribution in [2.45, 2.75) is 0 Å². The number of fused-ring (bicyclic) bond motifs is 8. The second kappa shape index (κ2) is 13.3. The topological polar surface area (TPSA) is 43.6 Å². The first-order valence-electron chi connectivity index (χ1n) is 20.0. The zero-order valence-electron chi connectivity index (χ0n) is 31.9. The van der Waals surface area contributed by atoms with Crippen LogP contribution in [0, 0.1) is 0 Å². The maximum Gasteiger partial charge on any atom is 0.166 e. The lowest BCUT2D eigenvalue weighted by atomic mass is 10.00. The molecule has 0 radical (unpaired) electrons. The second-order valence-electron chi connectivity index (χ2n) is 15.2. The third-order valence-electron chi connectivity index (χ3n) is 11.8. The van der Waals surface area contributed by atoms with E-state index in [2.05, 4.69) is 193 Å². The van der Waals surface area contributed by atoms with Gasteiger partial charge in [0.1, 0.15) is 0 Å². The van der Waals surface area contributed by atoms with Crippen LogP contribution >= 0.6 is 0 Å². The lowest BCUT2D eigenvalue weighted by Crippen LogP contribution is -2.04. The van der Waals surface area contributed by atoms with Gasteiger partial charge < -0.3 is 4.57 Å². The third kappa shape index (κ3) is 5.49. The maximum atomic E-state index is 5.34. The number of nitrogens with zero attached hydrogens (tertiary/aromatic N) is 4. The monoisotopic (exact) mass is 750 g/mol. The third-order valence-corrected chi connectivity index (χ3v) is 11.8. The molecule has 0 aliphatic carbocycles. The summed E-state index contributed by atoms with van der Waals surface area (Å²) in [6.45, 7) is 0. The van der Waals surface area contributed by atoms with Crippen molar-refractivity contribution in [3.05, 3.63) is 206 Å². The van der Waals surface area contributed by atoms with Gasteiger partial charge in [0.2, 0.25) is 0 Å². The molecule has 274 valence electrons. The van der Waals surface area contributed by atoms with Gasteiger partial charge in [0, 0.05) is 32.8 Å². The van der Waals surface area contributed by atoms with Gasteiger partial charge in [-0.1, -0.05) is 176 Å². The fourth-order valence-corrected chi connectivity index (χ4v) is 8.91. The van der Waals surface area contributed by atoms with Gasteiger partial charge in [0.15, 0.2) is 17.5 Å². The summed E-state index contributed by atoms with van der Waals surface area (Å²) in [6, 6.07) is 73.5. The average Bonchev–Trinajstić information content (AvgIpc) is 3.63. The summed E-state index contributed by atoms with van der Waals surface area (Å²) >= 11 is 0. The predicted molar refractivity (Wildman–Crippen MR) is 246 cm³/mol. The van der Waals surface area contributed by atoms with Crippen LogP contribution in [0.2, 0.25) is 0 Å². The van der Waals surface area contributed by atoms with Crippen LogP contribution in [0.15, 0.2) is 206 Å². The van der Waals surface area contributed by atoms with Crippen LogP contribution in [-0.4, -0.2) is 19.5 Å². The van der Waals surface area contributed by atoms with Crippen molar-refractivity contribution in [2.24, 2.45) is 0 Å². The smallest absolute Gasteiger partial charge is 0.166 e. The molecule has 0 N–H and O–H groups in total.